The molecular formula is C12H14ClN. The first-order chi connectivity index (χ1) is 6.68. The first-order valence-electron chi connectivity index (χ1n) is 5.05. The second-order valence-electron chi connectivity index (χ2n) is 3.98. The zero-order valence-electron chi connectivity index (χ0n) is 8.55. The van der Waals surface area contributed by atoms with E-state index < -0.39 is 0 Å². The summed E-state index contributed by atoms with van der Waals surface area (Å²) in [5.74, 6) is 0.440. The Morgan fingerprint density at radius 3 is 2.71 bits per heavy atom. The lowest BCUT2D eigenvalue weighted by Crippen LogP contribution is -2.31. The molecule has 1 aliphatic carbocycles. The highest BCUT2D eigenvalue weighted by molar-refractivity contribution is 6.30. The van der Waals surface area contributed by atoms with Crippen LogP contribution in [0.5, 0.6) is 0 Å². The molecule has 1 aromatic heterocycles. The van der Waals surface area contributed by atoms with Crippen molar-refractivity contribution < 1.29 is 0 Å². The van der Waals surface area contributed by atoms with Gasteiger partial charge in [-0.1, -0.05) is 37.6 Å². The lowest BCUT2D eigenvalue weighted by molar-refractivity contribution is 0.852. The number of rotatable bonds is 1. The Bertz CT molecular complexity index is 460. The number of halogens is 1. The topological polar surface area (TPSA) is 12.9 Å². The summed E-state index contributed by atoms with van der Waals surface area (Å²) in [6.45, 7) is 4.28. The summed E-state index contributed by atoms with van der Waals surface area (Å²) in [5.41, 5.74) is 1.15. The zero-order chi connectivity index (χ0) is 10.1. The fourth-order valence-corrected chi connectivity index (χ4v) is 2.09. The molecule has 0 unspecified atom stereocenters. The molecule has 1 heterocycles. The zero-order valence-corrected chi connectivity index (χ0v) is 9.30. The third kappa shape index (κ3) is 1.69. The van der Waals surface area contributed by atoms with E-state index in [1.807, 2.05) is 0 Å². The van der Waals surface area contributed by atoms with Gasteiger partial charge >= 0.3 is 0 Å². The SMILES string of the molecule is CC(C)c1cc2c(nc1Cl)=CCCC=2. The molecule has 2 rings (SSSR count). The van der Waals surface area contributed by atoms with E-state index >= 15 is 0 Å². The third-order valence-corrected chi connectivity index (χ3v) is 2.86. The van der Waals surface area contributed by atoms with Gasteiger partial charge in [0.1, 0.15) is 5.15 Å². The van der Waals surface area contributed by atoms with Crippen molar-refractivity contribution in [1.82, 2.24) is 4.98 Å². The standard InChI is InChI=1S/C12H14ClN/c1-8(2)10-7-9-5-3-4-6-11(9)14-12(10)13/h5-8H,3-4H2,1-2H3. The summed E-state index contributed by atoms with van der Waals surface area (Å²) in [6, 6.07) is 2.17. The van der Waals surface area contributed by atoms with E-state index in [-0.39, 0.29) is 0 Å². The number of pyridine rings is 1. The molecule has 2 heteroatoms. The molecule has 0 aromatic carbocycles. The van der Waals surface area contributed by atoms with E-state index in [9.17, 15) is 0 Å². The van der Waals surface area contributed by atoms with E-state index in [0.29, 0.717) is 11.1 Å². The monoisotopic (exact) mass is 207 g/mol. The first-order valence-corrected chi connectivity index (χ1v) is 5.43. The Balaban J connectivity index is 2.70. The number of hydrogen-bond donors (Lipinski definition) is 0. The molecule has 0 radical (unpaired) electrons. The maximum Gasteiger partial charge on any atom is 0.133 e. The summed E-state index contributed by atoms with van der Waals surface area (Å²) < 4.78 is 0. The highest BCUT2D eigenvalue weighted by atomic mass is 35.5. The van der Waals surface area contributed by atoms with Gasteiger partial charge in [0.05, 0.1) is 5.35 Å². The normalized spacial score (nSPS) is 14.6. The summed E-state index contributed by atoms with van der Waals surface area (Å²) in [4.78, 5) is 4.41. The van der Waals surface area contributed by atoms with E-state index in [4.69, 9.17) is 11.6 Å². The molecule has 0 aliphatic heterocycles. The summed E-state index contributed by atoms with van der Waals surface area (Å²) in [6.07, 6.45) is 6.60. The van der Waals surface area contributed by atoms with Crippen molar-refractivity contribution in [2.24, 2.45) is 0 Å². The molecule has 0 spiro atoms. The van der Waals surface area contributed by atoms with Crippen LogP contribution >= 0.6 is 11.6 Å². The van der Waals surface area contributed by atoms with E-state index in [1.54, 1.807) is 0 Å². The number of nitrogens with zero attached hydrogens (tertiary/aromatic N) is 1. The summed E-state index contributed by atoms with van der Waals surface area (Å²) in [5, 5.41) is 2.94. The lowest BCUT2D eigenvalue weighted by Gasteiger charge is -2.08. The molecular weight excluding hydrogens is 194 g/mol. The van der Waals surface area contributed by atoms with Gasteiger partial charge in [0.15, 0.2) is 0 Å². The van der Waals surface area contributed by atoms with E-state index in [0.717, 1.165) is 23.8 Å². The van der Waals surface area contributed by atoms with Gasteiger partial charge in [0.2, 0.25) is 0 Å². The van der Waals surface area contributed by atoms with Crippen molar-refractivity contribution >= 4 is 23.8 Å². The molecule has 0 bridgehead atoms. The molecule has 14 heavy (non-hydrogen) atoms. The van der Waals surface area contributed by atoms with E-state index in [1.165, 1.54) is 5.22 Å². The predicted octanol–water partition coefficient (Wildman–Crippen LogP) is 2.21. The molecule has 74 valence electrons. The van der Waals surface area contributed by atoms with Gasteiger partial charge in [-0.25, -0.2) is 4.98 Å². The predicted molar refractivity (Wildman–Crippen MR) is 60.8 cm³/mol. The minimum atomic E-state index is 0.440. The van der Waals surface area contributed by atoms with Crippen molar-refractivity contribution in [2.75, 3.05) is 0 Å². The van der Waals surface area contributed by atoms with Crippen LogP contribution in [-0.2, 0) is 0 Å². The quantitative estimate of drug-likeness (QED) is 0.644. The van der Waals surface area contributed by atoms with Crippen molar-refractivity contribution in [2.45, 2.75) is 32.6 Å². The number of hydrogen-bond acceptors (Lipinski definition) is 1. The molecule has 0 saturated heterocycles. The second-order valence-corrected chi connectivity index (χ2v) is 4.34. The van der Waals surface area contributed by atoms with E-state index in [2.05, 4.69) is 37.0 Å². The molecule has 1 nitrogen and oxygen atoms in total. The summed E-state index contributed by atoms with van der Waals surface area (Å²) in [7, 11) is 0. The largest absolute Gasteiger partial charge is 0.236 e. The van der Waals surface area contributed by atoms with Gasteiger partial charge in [-0.2, -0.15) is 0 Å². The average Bonchev–Trinajstić information content (AvgIpc) is 2.16. The van der Waals surface area contributed by atoms with Gasteiger partial charge in [0.25, 0.3) is 0 Å². The minimum absolute atomic E-state index is 0.440. The van der Waals surface area contributed by atoms with Crippen LogP contribution in [0.4, 0.5) is 0 Å². The highest BCUT2D eigenvalue weighted by Crippen LogP contribution is 2.19. The number of fused-ring (bicyclic) bond motifs is 1. The molecule has 0 fully saturated rings. The molecule has 0 atom stereocenters. The Morgan fingerprint density at radius 2 is 2.00 bits per heavy atom. The Kier molecular flexibility index (Phi) is 2.60. The van der Waals surface area contributed by atoms with Crippen LogP contribution in [0.3, 0.4) is 0 Å². The van der Waals surface area contributed by atoms with Crippen LogP contribution in [0.1, 0.15) is 38.2 Å². The molecule has 0 amide bonds. The molecule has 1 aliphatic rings. The van der Waals surface area contributed by atoms with Gasteiger partial charge in [-0.05, 0) is 35.6 Å². The average molecular weight is 208 g/mol. The molecule has 1 aromatic rings. The van der Waals surface area contributed by atoms with Crippen molar-refractivity contribution in [3.8, 4) is 0 Å². The molecule has 0 N–H and O–H groups in total. The highest BCUT2D eigenvalue weighted by Gasteiger charge is 2.07. The van der Waals surface area contributed by atoms with Crippen LogP contribution in [0, 0.1) is 0 Å². The van der Waals surface area contributed by atoms with Gasteiger partial charge in [-0.15, -0.1) is 0 Å². The maximum atomic E-state index is 6.11. The lowest BCUT2D eigenvalue weighted by atomic mass is 10.0. The number of aromatic nitrogens is 1. The van der Waals surface area contributed by atoms with Gasteiger partial charge in [0, 0.05) is 0 Å². The van der Waals surface area contributed by atoms with Crippen LogP contribution in [0.25, 0.3) is 12.2 Å². The van der Waals surface area contributed by atoms with Crippen LogP contribution in [-0.4, -0.2) is 4.98 Å². The Morgan fingerprint density at radius 1 is 1.29 bits per heavy atom. The second kappa shape index (κ2) is 3.74. The first kappa shape index (κ1) is 9.72. The Hall–Kier alpha value is -0.820. The van der Waals surface area contributed by atoms with Crippen LogP contribution in [0.2, 0.25) is 5.15 Å². The maximum absolute atomic E-state index is 6.11. The van der Waals surface area contributed by atoms with Gasteiger partial charge < -0.3 is 0 Å². The Labute approximate surface area is 89.1 Å². The summed E-state index contributed by atoms with van der Waals surface area (Å²) >= 11 is 6.11. The van der Waals surface area contributed by atoms with Crippen LogP contribution in [0.15, 0.2) is 6.07 Å². The van der Waals surface area contributed by atoms with Gasteiger partial charge in [-0.3, -0.25) is 0 Å². The van der Waals surface area contributed by atoms with Crippen molar-refractivity contribution in [1.29, 1.82) is 0 Å². The van der Waals surface area contributed by atoms with Crippen molar-refractivity contribution in [3.63, 3.8) is 0 Å². The van der Waals surface area contributed by atoms with Crippen molar-refractivity contribution in [3.05, 3.63) is 27.4 Å². The minimum Gasteiger partial charge on any atom is -0.236 e. The third-order valence-electron chi connectivity index (χ3n) is 2.55. The fourth-order valence-electron chi connectivity index (χ4n) is 1.73. The van der Waals surface area contributed by atoms with Crippen LogP contribution < -0.4 is 10.6 Å². The molecule has 0 saturated carbocycles. The smallest absolute Gasteiger partial charge is 0.133 e. The fraction of sp³-hybridized carbons (Fsp3) is 0.417.